The van der Waals surface area contributed by atoms with Gasteiger partial charge in [0.2, 0.25) is 0 Å². The molecule has 2 heterocycles. The first kappa shape index (κ1) is 14.9. The molecular weight excluding hydrogens is 304 g/mol. The fourth-order valence-electron chi connectivity index (χ4n) is 3.53. The van der Waals surface area contributed by atoms with E-state index in [0.717, 1.165) is 37.7 Å². The third kappa shape index (κ3) is 3.33. The zero-order valence-electron chi connectivity index (χ0n) is 13.2. The Labute approximate surface area is 141 Å². The Morgan fingerprint density at radius 3 is 2.65 bits per heavy atom. The van der Waals surface area contributed by atoms with E-state index in [-0.39, 0.29) is 11.9 Å². The Balaban J connectivity index is 1.54. The fraction of sp³-hybridized carbons (Fsp3) is 0.421. The summed E-state index contributed by atoms with van der Waals surface area (Å²) in [5.41, 5.74) is 2.16. The van der Waals surface area contributed by atoms with Crippen LogP contribution < -0.4 is 0 Å². The molecule has 0 bridgehead atoms. The smallest absolute Gasteiger partial charge is 0.255 e. The Bertz CT molecular complexity index is 651. The normalized spacial score (nSPS) is 22.3. The molecule has 0 spiro atoms. The highest BCUT2D eigenvalue weighted by Crippen LogP contribution is 2.30. The largest absolute Gasteiger partial charge is 0.333 e. The maximum atomic E-state index is 12.9. The number of benzene rings is 1. The number of carbonyl (C=O) groups is 1. The lowest BCUT2D eigenvalue weighted by Crippen LogP contribution is -2.56. The molecule has 1 amide bonds. The molecular formula is C19H22N2OS. The van der Waals surface area contributed by atoms with Crippen LogP contribution in [0.3, 0.4) is 0 Å². The van der Waals surface area contributed by atoms with Crippen molar-refractivity contribution in [2.45, 2.75) is 31.3 Å². The maximum absolute atomic E-state index is 12.9. The molecule has 23 heavy (non-hydrogen) atoms. The van der Waals surface area contributed by atoms with Crippen molar-refractivity contribution in [3.63, 3.8) is 0 Å². The van der Waals surface area contributed by atoms with Crippen LogP contribution in [0.2, 0.25) is 0 Å². The van der Waals surface area contributed by atoms with E-state index in [1.54, 1.807) is 11.3 Å². The summed E-state index contributed by atoms with van der Waals surface area (Å²) in [4.78, 5) is 17.6. The minimum absolute atomic E-state index is 0.197. The summed E-state index contributed by atoms with van der Waals surface area (Å²) in [6.07, 6.45) is 3.60. The van der Waals surface area contributed by atoms with Gasteiger partial charge in [-0.05, 0) is 36.3 Å². The predicted octanol–water partition coefficient (Wildman–Crippen LogP) is 3.28. The first-order valence-electron chi connectivity index (χ1n) is 8.42. The van der Waals surface area contributed by atoms with E-state index in [9.17, 15) is 4.79 Å². The van der Waals surface area contributed by atoms with Crippen LogP contribution in [0.15, 0.2) is 47.2 Å². The molecule has 2 fully saturated rings. The van der Waals surface area contributed by atoms with E-state index >= 15 is 0 Å². The molecule has 2 aromatic rings. The minimum Gasteiger partial charge on any atom is -0.333 e. The van der Waals surface area contributed by atoms with Crippen LogP contribution in [0, 0.1) is 0 Å². The van der Waals surface area contributed by atoms with Gasteiger partial charge < -0.3 is 4.90 Å². The maximum Gasteiger partial charge on any atom is 0.255 e. The molecule has 4 rings (SSSR count). The summed E-state index contributed by atoms with van der Waals surface area (Å²) in [7, 11) is 0. The summed E-state index contributed by atoms with van der Waals surface area (Å²) in [5.74, 6) is 0.197. The van der Waals surface area contributed by atoms with Gasteiger partial charge in [-0.25, -0.2) is 0 Å². The van der Waals surface area contributed by atoms with Crippen molar-refractivity contribution < 1.29 is 4.79 Å². The zero-order valence-corrected chi connectivity index (χ0v) is 14.0. The minimum atomic E-state index is 0.197. The highest BCUT2D eigenvalue weighted by Gasteiger charge is 2.37. The average molecular weight is 326 g/mol. The Kier molecular flexibility index (Phi) is 4.19. The Hall–Kier alpha value is -1.65. The number of hydrogen-bond acceptors (Lipinski definition) is 3. The Morgan fingerprint density at radius 1 is 1.13 bits per heavy atom. The van der Waals surface area contributed by atoms with Crippen LogP contribution in [0.1, 0.15) is 28.8 Å². The van der Waals surface area contributed by atoms with Crippen LogP contribution in [-0.2, 0) is 6.42 Å². The highest BCUT2D eigenvalue weighted by molar-refractivity contribution is 7.08. The lowest BCUT2D eigenvalue weighted by molar-refractivity contribution is 0.0438. The summed E-state index contributed by atoms with van der Waals surface area (Å²) in [6.45, 7) is 2.88. The molecule has 1 aromatic carbocycles. The first-order chi connectivity index (χ1) is 11.3. The number of piperazine rings is 1. The fourth-order valence-corrected chi connectivity index (χ4v) is 4.16. The molecule has 1 atom stereocenters. The SMILES string of the molecule is O=C(c1ccsc1)N1CCN(C2CC2)CC1Cc1ccccc1. The van der Waals surface area contributed by atoms with E-state index in [1.807, 2.05) is 16.8 Å². The summed E-state index contributed by atoms with van der Waals surface area (Å²) < 4.78 is 0. The molecule has 1 aliphatic carbocycles. The molecule has 1 aliphatic heterocycles. The van der Waals surface area contributed by atoms with Crippen molar-refractivity contribution in [1.29, 1.82) is 0 Å². The van der Waals surface area contributed by atoms with Gasteiger partial charge >= 0.3 is 0 Å². The number of carbonyl (C=O) groups excluding carboxylic acids is 1. The number of thiophene rings is 1. The second-order valence-electron chi connectivity index (χ2n) is 6.58. The lowest BCUT2D eigenvalue weighted by atomic mass is 10.0. The molecule has 1 saturated carbocycles. The van der Waals surface area contributed by atoms with Crippen molar-refractivity contribution in [3.05, 3.63) is 58.3 Å². The molecule has 3 nitrogen and oxygen atoms in total. The number of amides is 1. The van der Waals surface area contributed by atoms with Gasteiger partial charge in [0.05, 0.1) is 5.56 Å². The van der Waals surface area contributed by atoms with Gasteiger partial charge in [0, 0.05) is 37.1 Å². The summed E-state index contributed by atoms with van der Waals surface area (Å²) in [6, 6.07) is 13.6. The molecule has 2 aliphatic rings. The summed E-state index contributed by atoms with van der Waals surface area (Å²) in [5, 5.41) is 3.95. The van der Waals surface area contributed by atoms with E-state index in [4.69, 9.17) is 0 Å². The Morgan fingerprint density at radius 2 is 1.96 bits per heavy atom. The number of nitrogens with zero attached hydrogens (tertiary/aromatic N) is 2. The van der Waals surface area contributed by atoms with Crippen molar-refractivity contribution in [1.82, 2.24) is 9.80 Å². The van der Waals surface area contributed by atoms with Crippen molar-refractivity contribution in [2.75, 3.05) is 19.6 Å². The molecule has 0 N–H and O–H groups in total. The molecule has 0 radical (unpaired) electrons. The van der Waals surface area contributed by atoms with Crippen LogP contribution in [-0.4, -0.2) is 47.4 Å². The standard InChI is InChI=1S/C19H22N2OS/c22-19(16-8-11-23-14-16)21-10-9-20(17-6-7-17)13-18(21)12-15-4-2-1-3-5-15/h1-5,8,11,14,17-18H,6-7,9-10,12-13H2. The quantitative estimate of drug-likeness (QED) is 0.861. The van der Waals surface area contributed by atoms with Gasteiger partial charge in [-0.1, -0.05) is 30.3 Å². The third-order valence-electron chi connectivity index (χ3n) is 4.92. The number of rotatable bonds is 4. The average Bonchev–Trinajstić information content (AvgIpc) is 3.29. The van der Waals surface area contributed by atoms with Crippen molar-refractivity contribution >= 4 is 17.2 Å². The lowest BCUT2D eigenvalue weighted by Gasteiger charge is -2.42. The van der Waals surface area contributed by atoms with Crippen molar-refractivity contribution in [3.8, 4) is 0 Å². The van der Waals surface area contributed by atoms with Crippen LogP contribution in [0.5, 0.6) is 0 Å². The topological polar surface area (TPSA) is 23.6 Å². The molecule has 4 heteroatoms. The van der Waals surface area contributed by atoms with E-state index in [1.165, 1.54) is 18.4 Å². The molecule has 1 unspecified atom stereocenters. The molecule has 1 saturated heterocycles. The van der Waals surface area contributed by atoms with Gasteiger partial charge in [0.15, 0.2) is 0 Å². The van der Waals surface area contributed by atoms with Gasteiger partial charge in [0.1, 0.15) is 0 Å². The van der Waals surface area contributed by atoms with E-state index in [2.05, 4.69) is 40.1 Å². The van der Waals surface area contributed by atoms with E-state index < -0.39 is 0 Å². The van der Waals surface area contributed by atoms with Crippen molar-refractivity contribution in [2.24, 2.45) is 0 Å². The second-order valence-corrected chi connectivity index (χ2v) is 7.36. The second kappa shape index (κ2) is 6.46. The summed E-state index contributed by atoms with van der Waals surface area (Å²) >= 11 is 1.59. The van der Waals surface area contributed by atoms with E-state index in [0.29, 0.717) is 0 Å². The van der Waals surface area contributed by atoms with Crippen LogP contribution >= 0.6 is 11.3 Å². The third-order valence-corrected chi connectivity index (χ3v) is 5.60. The van der Waals surface area contributed by atoms with Gasteiger partial charge in [-0.15, -0.1) is 0 Å². The number of hydrogen-bond donors (Lipinski definition) is 0. The van der Waals surface area contributed by atoms with Gasteiger partial charge in [0.25, 0.3) is 5.91 Å². The van der Waals surface area contributed by atoms with Gasteiger partial charge in [-0.3, -0.25) is 9.69 Å². The van der Waals surface area contributed by atoms with Crippen LogP contribution in [0.4, 0.5) is 0 Å². The van der Waals surface area contributed by atoms with Gasteiger partial charge in [-0.2, -0.15) is 11.3 Å². The first-order valence-corrected chi connectivity index (χ1v) is 9.36. The highest BCUT2D eigenvalue weighted by atomic mass is 32.1. The van der Waals surface area contributed by atoms with Crippen LogP contribution in [0.25, 0.3) is 0 Å². The zero-order chi connectivity index (χ0) is 15.6. The predicted molar refractivity (Wildman–Crippen MR) is 93.9 cm³/mol. The monoisotopic (exact) mass is 326 g/mol. The molecule has 120 valence electrons. The molecule has 1 aromatic heterocycles.